The van der Waals surface area contributed by atoms with Crippen LogP contribution in [0.25, 0.3) is 5.57 Å². The van der Waals surface area contributed by atoms with Gasteiger partial charge in [0.15, 0.2) is 0 Å². The average molecular weight is 372 g/mol. The average Bonchev–Trinajstić information content (AvgIpc) is 3.35. The number of rotatable bonds is 6. The monoisotopic (exact) mass is 372 g/mol. The number of aryl methyl sites for hydroxylation is 2. The molecule has 0 aromatic carbocycles. The Labute approximate surface area is 159 Å². The van der Waals surface area contributed by atoms with E-state index >= 15 is 0 Å². The van der Waals surface area contributed by atoms with Crippen molar-refractivity contribution in [3.05, 3.63) is 29.7 Å². The summed E-state index contributed by atoms with van der Waals surface area (Å²) in [4.78, 5) is 4.61. The largest absolute Gasteiger partial charge is 0.381 e. The zero-order valence-corrected chi connectivity index (χ0v) is 16.3. The van der Waals surface area contributed by atoms with E-state index < -0.39 is 5.54 Å². The zero-order chi connectivity index (χ0) is 18.9. The van der Waals surface area contributed by atoms with Crippen LogP contribution in [0, 0.1) is 0 Å². The van der Waals surface area contributed by atoms with Gasteiger partial charge in [-0.2, -0.15) is 10.1 Å². The van der Waals surface area contributed by atoms with Gasteiger partial charge in [-0.1, -0.05) is 19.0 Å². The third-order valence-electron chi connectivity index (χ3n) is 5.63. The molecule has 8 nitrogen and oxygen atoms in total. The van der Waals surface area contributed by atoms with Gasteiger partial charge in [0.1, 0.15) is 5.82 Å². The lowest BCUT2D eigenvalue weighted by Gasteiger charge is -2.41. The number of hydrogen-bond acceptors (Lipinski definition) is 7. The van der Waals surface area contributed by atoms with E-state index in [9.17, 15) is 0 Å². The molecule has 2 aromatic heterocycles. The quantitative estimate of drug-likeness (QED) is 0.806. The van der Waals surface area contributed by atoms with Crippen molar-refractivity contribution in [1.29, 1.82) is 0 Å². The van der Waals surface area contributed by atoms with Crippen LogP contribution < -0.4 is 10.6 Å². The maximum atomic E-state index is 5.55. The van der Waals surface area contributed by atoms with E-state index in [0.717, 1.165) is 62.4 Å². The number of anilines is 1. The Hall–Kier alpha value is -2.19. The SMILES string of the molecule is CCc1nc(C2=CNc3c(cnn3CC)C2(CC)NC2CCOCC2)no1. The van der Waals surface area contributed by atoms with Gasteiger partial charge < -0.3 is 19.9 Å². The van der Waals surface area contributed by atoms with Gasteiger partial charge in [0.2, 0.25) is 11.7 Å². The van der Waals surface area contributed by atoms with Gasteiger partial charge in [-0.25, -0.2) is 4.68 Å². The predicted molar refractivity (Wildman–Crippen MR) is 102 cm³/mol. The van der Waals surface area contributed by atoms with Gasteiger partial charge >= 0.3 is 0 Å². The summed E-state index contributed by atoms with van der Waals surface area (Å²) in [6.07, 6.45) is 7.54. The van der Waals surface area contributed by atoms with Crippen LogP contribution in [0.5, 0.6) is 0 Å². The molecule has 1 saturated heterocycles. The van der Waals surface area contributed by atoms with Crippen molar-refractivity contribution < 1.29 is 9.26 Å². The van der Waals surface area contributed by atoms with Crippen LogP contribution in [-0.4, -0.2) is 39.2 Å². The molecule has 0 radical (unpaired) electrons. The minimum atomic E-state index is -0.412. The topological polar surface area (TPSA) is 90.0 Å². The molecule has 8 heteroatoms. The first kappa shape index (κ1) is 18.2. The van der Waals surface area contributed by atoms with Crippen LogP contribution >= 0.6 is 0 Å². The van der Waals surface area contributed by atoms with Crippen LogP contribution in [-0.2, 0) is 23.2 Å². The van der Waals surface area contributed by atoms with E-state index in [1.165, 1.54) is 0 Å². The Kier molecular flexibility index (Phi) is 5.01. The van der Waals surface area contributed by atoms with E-state index in [-0.39, 0.29) is 0 Å². The van der Waals surface area contributed by atoms with Crippen LogP contribution in [0.3, 0.4) is 0 Å². The molecule has 4 rings (SSSR count). The minimum Gasteiger partial charge on any atom is -0.381 e. The van der Waals surface area contributed by atoms with E-state index in [1.807, 2.05) is 24.0 Å². The summed E-state index contributed by atoms with van der Waals surface area (Å²) in [6.45, 7) is 8.70. The standard InChI is InChI=1S/C19H28N6O2/c1-4-16-22-17(24-27-16)14-11-20-18-15(12-21-25(18)6-3)19(14,5-2)23-13-7-9-26-10-8-13/h11-13,20,23H,4-10H2,1-3H3. The van der Waals surface area contributed by atoms with Crippen molar-refractivity contribution in [2.45, 2.75) is 64.6 Å². The fourth-order valence-corrected chi connectivity index (χ4v) is 4.09. The molecule has 0 saturated carbocycles. The fourth-order valence-electron chi connectivity index (χ4n) is 4.09. The number of aromatic nitrogens is 4. The zero-order valence-electron chi connectivity index (χ0n) is 16.3. The van der Waals surface area contributed by atoms with E-state index in [0.29, 0.717) is 17.8 Å². The predicted octanol–water partition coefficient (Wildman–Crippen LogP) is 2.69. The molecule has 1 fully saturated rings. The molecule has 146 valence electrons. The van der Waals surface area contributed by atoms with Crippen molar-refractivity contribution in [3.63, 3.8) is 0 Å². The van der Waals surface area contributed by atoms with Gasteiger partial charge in [-0.3, -0.25) is 0 Å². The van der Waals surface area contributed by atoms with Gasteiger partial charge in [-0.05, 0) is 26.2 Å². The Balaban J connectivity index is 1.79. The van der Waals surface area contributed by atoms with Crippen molar-refractivity contribution >= 4 is 11.4 Å². The molecule has 2 aliphatic rings. The molecular formula is C19H28N6O2. The van der Waals surface area contributed by atoms with E-state index in [2.05, 4.69) is 39.7 Å². The third-order valence-corrected chi connectivity index (χ3v) is 5.63. The molecule has 2 aliphatic heterocycles. The summed E-state index contributed by atoms with van der Waals surface area (Å²) >= 11 is 0. The highest BCUT2D eigenvalue weighted by Crippen LogP contribution is 2.45. The van der Waals surface area contributed by atoms with Crippen LogP contribution in [0.2, 0.25) is 0 Å². The normalized spacial score (nSPS) is 23.0. The Morgan fingerprint density at radius 1 is 1.30 bits per heavy atom. The van der Waals surface area contributed by atoms with Crippen LogP contribution in [0.1, 0.15) is 57.3 Å². The second kappa shape index (κ2) is 7.44. The number of fused-ring (bicyclic) bond motifs is 1. The van der Waals surface area contributed by atoms with Crippen molar-refractivity contribution in [1.82, 2.24) is 25.2 Å². The summed E-state index contributed by atoms with van der Waals surface area (Å²) in [6, 6.07) is 0.371. The fraction of sp³-hybridized carbons (Fsp3) is 0.632. The highest BCUT2D eigenvalue weighted by molar-refractivity contribution is 5.79. The Morgan fingerprint density at radius 2 is 2.11 bits per heavy atom. The Bertz CT molecular complexity index is 820. The molecule has 1 atom stereocenters. The summed E-state index contributed by atoms with van der Waals surface area (Å²) in [7, 11) is 0. The summed E-state index contributed by atoms with van der Waals surface area (Å²) in [5, 5.41) is 16.2. The Morgan fingerprint density at radius 3 is 2.78 bits per heavy atom. The van der Waals surface area contributed by atoms with Crippen molar-refractivity contribution in [3.8, 4) is 0 Å². The van der Waals surface area contributed by atoms with Crippen molar-refractivity contribution in [2.24, 2.45) is 0 Å². The third kappa shape index (κ3) is 3.06. The van der Waals surface area contributed by atoms with Gasteiger partial charge in [0.05, 0.1) is 11.7 Å². The molecular weight excluding hydrogens is 344 g/mol. The molecule has 0 amide bonds. The molecule has 27 heavy (non-hydrogen) atoms. The second-order valence-electron chi connectivity index (χ2n) is 7.08. The summed E-state index contributed by atoms with van der Waals surface area (Å²) in [5.74, 6) is 2.31. The maximum Gasteiger partial charge on any atom is 0.226 e. The molecule has 2 aromatic rings. The molecule has 2 N–H and O–H groups in total. The first-order valence-electron chi connectivity index (χ1n) is 9.93. The second-order valence-corrected chi connectivity index (χ2v) is 7.08. The molecule has 1 unspecified atom stereocenters. The van der Waals surface area contributed by atoms with Gasteiger partial charge in [0, 0.05) is 49.6 Å². The smallest absolute Gasteiger partial charge is 0.226 e. The lowest BCUT2D eigenvalue weighted by atomic mass is 9.78. The number of nitrogens with zero attached hydrogens (tertiary/aromatic N) is 4. The number of ether oxygens (including phenoxy) is 1. The maximum absolute atomic E-state index is 5.55. The van der Waals surface area contributed by atoms with Crippen LogP contribution in [0.15, 0.2) is 16.9 Å². The van der Waals surface area contributed by atoms with Crippen LogP contribution in [0.4, 0.5) is 5.82 Å². The van der Waals surface area contributed by atoms with E-state index in [4.69, 9.17) is 9.26 Å². The number of hydrogen-bond donors (Lipinski definition) is 2. The highest BCUT2D eigenvalue weighted by Gasteiger charge is 2.44. The highest BCUT2D eigenvalue weighted by atomic mass is 16.5. The minimum absolute atomic E-state index is 0.371. The molecule has 0 bridgehead atoms. The molecule has 4 heterocycles. The molecule has 0 aliphatic carbocycles. The first-order chi connectivity index (χ1) is 13.2. The van der Waals surface area contributed by atoms with Gasteiger partial charge in [-0.15, -0.1) is 0 Å². The molecule has 0 spiro atoms. The lowest BCUT2D eigenvalue weighted by Crippen LogP contribution is -2.51. The lowest BCUT2D eigenvalue weighted by molar-refractivity contribution is 0.0710. The summed E-state index contributed by atoms with van der Waals surface area (Å²) < 4.78 is 13.0. The summed E-state index contributed by atoms with van der Waals surface area (Å²) in [5.41, 5.74) is 1.73. The van der Waals surface area contributed by atoms with Gasteiger partial charge in [0.25, 0.3) is 0 Å². The van der Waals surface area contributed by atoms with E-state index in [1.54, 1.807) is 0 Å². The first-order valence-corrected chi connectivity index (χ1v) is 9.93. The number of nitrogens with one attached hydrogen (secondary N) is 2. The van der Waals surface area contributed by atoms with Crippen molar-refractivity contribution in [2.75, 3.05) is 18.5 Å².